The van der Waals surface area contributed by atoms with Gasteiger partial charge < -0.3 is 19.4 Å². The molecule has 2 aromatic heterocycles. The Kier molecular flexibility index (Phi) is 8.04. The highest BCUT2D eigenvalue weighted by Crippen LogP contribution is 2.26. The second-order valence-electron chi connectivity index (χ2n) is 9.36. The largest absolute Gasteiger partial charge is 0.477 e. The molecule has 1 fully saturated rings. The summed E-state index contributed by atoms with van der Waals surface area (Å²) in [5.74, 6) is -1.85. The van der Waals surface area contributed by atoms with Gasteiger partial charge in [0.1, 0.15) is 23.7 Å². The van der Waals surface area contributed by atoms with Gasteiger partial charge >= 0.3 is 5.97 Å². The first kappa shape index (κ1) is 26.6. The van der Waals surface area contributed by atoms with Crippen molar-refractivity contribution in [2.45, 2.75) is 20.1 Å². The van der Waals surface area contributed by atoms with Crippen LogP contribution < -0.4 is 10.3 Å². The van der Waals surface area contributed by atoms with Crippen LogP contribution in [-0.4, -0.2) is 59.0 Å². The molecule has 1 N–H and O–H groups in total. The number of aromatic carboxylic acids is 1. The Balaban J connectivity index is 1.30. The normalized spacial score (nSPS) is 14.6. The number of anilines is 1. The van der Waals surface area contributed by atoms with Crippen molar-refractivity contribution in [3.8, 4) is 0 Å². The summed E-state index contributed by atoms with van der Waals surface area (Å²) in [6.45, 7) is 5.87. The average molecular weight is 549 g/mol. The van der Waals surface area contributed by atoms with E-state index >= 15 is 4.39 Å². The van der Waals surface area contributed by atoms with Crippen molar-refractivity contribution >= 4 is 39.6 Å². The van der Waals surface area contributed by atoms with E-state index in [4.69, 9.17) is 4.84 Å². The molecule has 5 rings (SSSR count). The number of thiophene rings is 1. The fourth-order valence-corrected chi connectivity index (χ4v) is 5.44. The number of carbonyl (C=O) groups is 1. The number of rotatable bonds is 9. The number of aromatic nitrogens is 1. The predicted molar refractivity (Wildman–Crippen MR) is 152 cm³/mol. The molecule has 0 spiro atoms. The maximum absolute atomic E-state index is 15.2. The Bertz CT molecular complexity index is 1550. The van der Waals surface area contributed by atoms with E-state index in [0.29, 0.717) is 57.1 Å². The van der Waals surface area contributed by atoms with Crippen molar-refractivity contribution in [1.82, 2.24) is 9.47 Å². The van der Waals surface area contributed by atoms with Gasteiger partial charge in [-0.1, -0.05) is 35.5 Å². The van der Waals surface area contributed by atoms with Crippen molar-refractivity contribution in [3.05, 3.63) is 98.2 Å². The van der Waals surface area contributed by atoms with Crippen LogP contribution in [0.25, 0.3) is 10.9 Å². The number of carboxylic acids is 1. The molecular formula is C29H29FN4O4S. The van der Waals surface area contributed by atoms with Crippen molar-refractivity contribution in [3.63, 3.8) is 0 Å². The minimum atomic E-state index is -1.32. The van der Waals surface area contributed by atoms with E-state index in [1.54, 1.807) is 22.0 Å². The van der Waals surface area contributed by atoms with Gasteiger partial charge in [-0.05, 0) is 41.4 Å². The molecule has 3 heterocycles. The Morgan fingerprint density at radius 2 is 1.90 bits per heavy atom. The molecule has 1 saturated heterocycles. The highest BCUT2D eigenvalue weighted by molar-refractivity contribution is 7.08. The number of oxime groups is 1. The number of hydrogen-bond acceptors (Lipinski definition) is 7. The molecule has 2 aromatic carbocycles. The fourth-order valence-electron chi connectivity index (χ4n) is 4.77. The number of hydrogen-bond donors (Lipinski definition) is 1. The monoisotopic (exact) mass is 548 g/mol. The summed E-state index contributed by atoms with van der Waals surface area (Å²) in [5, 5.41) is 18.0. The smallest absolute Gasteiger partial charge is 0.341 e. The van der Waals surface area contributed by atoms with Crippen LogP contribution >= 0.6 is 11.3 Å². The number of carboxylic acid groups (broad SMARTS) is 1. The summed E-state index contributed by atoms with van der Waals surface area (Å²) in [4.78, 5) is 34.1. The van der Waals surface area contributed by atoms with Crippen LogP contribution in [0.5, 0.6) is 0 Å². The van der Waals surface area contributed by atoms with E-state index in [9.17, 15) is 14.7 Å². The second-order valence-corrected chi connectivity index (χ2v) is 10.1. The van der Waals surface area contributed by atoms with Gasteiger partial charge in [0.05, 0.1) is 11.2 Å². The van der Waals surface area contributed by atoms with E-state index in [-0.39, 0.29) is 10.9 Å². The number of benzene rings is 2. The minimum Gasteiger partial charge on any atom is -0.477 e. The van der Waals surface area contributed by atoms with E-state index in [1.807, 2.05) is 53.6 Å². The first-order valence-corrected chi connectivity index (χ1v) is 13.7. The van der Waals surface area contributed by atoms with Crippen molar-refractivity contribution in [2.75, 3.05) is 37.6 Å². The van der Waals surface area contributed by atoms with Gasteiger partial charge in [0, 0.05) is 56.4 Å². The highest BCUT2D eigenvalue weighted by Gasteiger charge is 2.23. The molecule has 202 valence electrons. The summed E-state index contributed by atoms with van der Waals surface area (Å²) >= 11 is 1.60. The molecule has 0 saturated carbocycles. The summed E-state index contributed by atoms with van der Waals surface area (Å²) in [6.07, 6.45) is 1.33. The summed E-state index contributed by atoms with van der Waals surface area (Å²) in [7, 11) is 0. The quantitative estimate of drug-likeness (QED) is 0.242. The first-order chi connectivity index (χ1) is 18.9. The molecule has 0 radical (unpaired) electrons. The summed E-state index contributed by atoms with van der Waals surface area (Å²) in [5.41, 5.74) is 2.81. The molecule has 39 heavy (non-hydrogen) atoms. The van der Waals surface area contributed by atoms with Crippen molar-refractivity contribution in [2.24, 2.45) is 5.16 Å². The topological polar surface area (TPSA) is 87.4 Å². The van der Waals surface area contributed by atoms with Crippen LogP contribution in [0.15, 0.2) is 75.4 Å². The highest BCUT2D eigenvalue weighted by atomic mass is 32.1. The van der Waals surface area contributed by atoms with Crippen LogP contribution in [0.2, 0.25) is 0 Å². The van der Waals surface area contributed by atoms with Gasteiger partial charge in [0.15, 0.2) is 0 Å². The second kappa shape index (κ2) is 11.8. The zero-order valence-corrected chi connectivity index (χ0v) is 22.4. The molecule has 1 aliphatic rings. The zero-order chi connectivity index (χ0) is 27.4. The number of halogens is 1. The van der Waals surface area contributed by atoms with Crippen LogP contribution in [0.3, 0.4) is 0 Å². The van der Waals surface area contributed by atoms with Crippen molar-refractivity contribution in [1.29, 1.82) is 0 Å². The number of pyridine rings is 1. The van der Waals surface area contributed by atoms with Gasteiger partial charge in [-0.15, -0.1) is 0 Å². The molecule has 0 bridgehead atoms. The molecule has 4 aromatic rings. The number of aryl methyl sites for hydroxylation is 1. The molecule has 0 unspecified atom stereocenters. The molecule has 0 amide bonds. The lowest BCUT2D eigenvalue weighted by Gasteiger charge is -2.36. The standard InChI is InChI=1S/C29H29FN4O4S/c1-2-33-16-23(29(36)37)28(35)22-14-24(30)27(15-26(22)33)34-11-9-32(10-12-34)17-25(21-8-13-39-19-21)31-38-18-20-6-4-3-5-7-20/h3-8,13-16,19H,2,9-12,17-18H2,1H3,(H,36,37)/b31-25+. The van der Waals surface area contributed by atoms with Gasteiger partial charge in [-0.3, -0.25) is 9.69 Å². The van der Waals surface area contributed by atoms with Gasteiger partial charge in [-0.25, -0.2) is 9.18 Å². The lowest BCUT2D eigenvalue weighted by molar-refractivity contribution is 0.0695. The van der Waals surface area contributed by atoms with E-state index in [0.717, 1.165) is 16.8 Å². The Hall–Kier alpha value is -4.02. The van der Waals surface area contributed by atoms with Crippen LogP contribution in [0, 0.1) is 5.82 Å². The molecular weight excluding hydrogens is 519 g/mol. The van der Waals surface area contributed by atoms with Gasteiger partial charge in [0.25, 0.3) is 0 Å². The molecule has 0 aliphatic carbocycles. The zero-order valence-electron chi connectivity index (χ0n) is 21.5. The summed E-state index contributed by atoms with van der Waals surface area (Å²) < 4.78 is 16.9. The van der Waals surface area contributed by atoms with Crippen LogP contribution in [-0.2, 0) is 18.0 Å². The number of fused-ring (bicyclic) bond motifs is 1. The van der Waals surface area contributed by atoms with E-state index < -0.39 is 17.2 Å². The fraction of sp³-hybridized carbons (Fsp3) is 0.276. The Morgan fingerprint density at radius 3 is 2.56 bits per heavy atom. The maximum Gasteiger partial charge on any atom is 0.341 e. The SMILES string of the molecule is CCn1cc(C(=O)O)c(=O)c2cc(F)c(N3CCN(C/C(=N\OCc4ccccc4)c4ccsc4)CC3)cc21. The van der Waals surface area contributed by atoms with Gasteiger partial charge in [-0.2, -0.15) is 11.3 Å². The molecule has 0 atom stereocenters. The van der Waals surface area contributed by atoms with Crippen LogP contribution in [0.4, 0.5) is 10.1 Å². The lowest BCUT2D eigenvalue weighted by Crippen LogP contribution is -2.48. The predicted octanol–water partition coefficient (Wildman–Crippen LogP) is 4.66. The maximum atomic E-state index is 15.2. The summed E-state index contributed by atoms with van der Waals surface area (Å²) in [6, 6.07) is 14.7. The van der Waals surface area contributed by atoms with Crippen molar-refractivity contribution < 1.29 is 19.1 Å². The van der Waals surface area contributed by atoms with E-state index in [1.165, 1.54) is 12.3 Å². The minimum absolute atomic E-state index is 0.0729. The lowest BCUT2D eigenvalue weighted by atomic mass is 10.1. The number of piperazine rings is 1. The average Bonchev–Trinajstić information content (AvgIpc) is 3.49. The van der Waals surface area contributed by atoms with Crippen LogP contribution in [0.1, 0.15) is 28.4 Å². The first-order valence-electron chi connectivity index (χ1n) is 12.8. The van der Waals surface area contributed by atoms with E-state index in [2.05, 4.69) is 15.4 Å². The molecule has 8 nitrogen and oxygen atoms in total. The number of nitrogens with zero attached hydrogens (tertiary/aromatic N) is 4. The third kappa shape index (κ3) is 5.86. The molecule has 10 heteroatoms. The molecule has 1 aliphatic heterocycles. The Morgan fingerprint density at radius 1 is 1.13 bits per heavy atom. The third-order valence-electron chi connectivity index (χ3n) is 6.91. The Labute approximate surface area is 229 Å². The van der Waals surface area contributed by atoms with Gasteiger partial charge in [0.2, 0.25) is 5.43 Å². The third-order valence-corrected chi connectivity index (χ3v) is 7.59.